The van der Waals surface area contributed by atoms with Crippen LogP contribution in [0, 0.1) is 5.82 Å². The first kappa shape index (κ1) is 14.6. The highest BCUT2D eigenvalue weighted by Crippen LogP contribution is 2.18. The molecular weight excluding hydrogens is 287 g/mol. The summed E-state index contributed by atoms with van der Waals surface area (Å²) in [4.78, 5) is 0. The molecule has 2 N–H and O–H groups in total. The van der Waals surface area contributed by atoms with Crippen LogP contribution in [0.15, 0.2) is 22.7 Å². The molecule has 0 aromatic heterocycles. The maximum atomic E-state index is 13.4. The molecule has 0 fully saturated rings. The minimum Gasteiger partial charge on any atom is -0.390 e. The Balaban J connectivity index is 2.52. The summed E-state index contributed by atoms with van der Waals surface area (Å²) in [5, 5.41) is 19.3. The molecule has 0 radical (unpaired) electrons. The predicted octanol–water partition coefficient (Wildman–Crippen LogP) is 3.04. The third kappa shape index (κ3) is 4.74. The van der Waals surface area contributed by atoms with E-state index in [-0.39, 0.29) is 5.82 Å². The minimum atomic E-state index is -0.784. The van der Waals surface area contributed by atoms with Crippen molar-refractivity contribution in [3.63, 3.8) is 0 Å². The Labute approximate surface area is 110 Å². The van der Waals surface area contributed by atoms with Gasteiger partial charge in [-0.05, 0) is 43.0 Å². The second-order valence-corrected chi connectivity index (χ2v) is 5.11. The maximum Gasteiger partial charge on any atom is 0.126 e. The molecule has 1 aromatic rings. The highest BCUT2D eigenvalue weighted by molar-refractivity contribution is 9.10. The van der Waals surface area contributed by atoms with Gasteiger partial charge in [0.05, 0.1) is 12.2 Å². The maximum absolute atomic E-state index is 13.4. The Morgan fingerprint density at radius 3 is 2.53 bits per heavy atom. The average molecular weight is 305 g/mol. The monoisotopic (exact) mass is 304 g/mol. The number of aliphatic hydroxyl groups is 2. The molecule has 2 atom stereocenters. The van der Waals surface area contributed by atoms with Gasteiger partial charge < -0.3 is 10.2 Å². The molecule has 0 heterocycles. The molecule has 0 aliphatic heterocycles. The van der Waals surface area contributed by atoms with Gasteiger partial charge >= 0.3 is 0 Å². The zero-order valence-electron chi connectivity index (χ0n) is 9.87. The van der Waals surface area contributed by atoms with Gasteiger partial charge in [0.25, 0.3) is 0 Å². The molecule has 0 aliphatic rings. The molecule has 2 nitrogen and oxygen atoms in total. The lowest BCUT2D eigenvalue weighted by Crippen LogP contribution is -2.26. The average Bonchev–Trinajstić information content (AvgIpc) is 2.30. The minimum absolute atomic E-state index is 0.273. The van der Waals surface area contributed by atoms with Crippen LogP contribution in [-0.4, -0.2) is 22.4 Å². The Bertz CT molecular complexity index is 357. The van der Waals surface area contributed by atoms with E-state index in [1.54, 1.807) is 12.1 Å². The normalized spacial score (nSPS) is 14.6. The highest BCUT2D eigenvalue weighted by atomic mass is 79.9. The Morgan fingerprint density at radius 2 is 1.88 bits per heavy atom. The van der Waals surface area contributed by atoms with Gasteiger partial charge in [-0.15, -0.1) is 0 Å². The van der Waals surface area contributed by atoms with Crippen LogP contribution in [-0.2, 0) is 6.42 Å². The molecule has 0 aliphatic carbocycles. The van der Waals surface area contributed by atoms with E-state index in [0.29, 0.717) is 24.8 Å². The molecule has 0 saturated heterocycles. The van der Waals surface area contributed by atoms with Crippen molar-refractivity contribution in [1.29, 1.82) is 0 Å². The van der Waals surface area contributed by atoms with Gasteiger partial charge in [0.1, 0.15) is 5.82 Å². The van der Waals surface area contributed by atoms with Crippen LogP contribution in [0.5, 0.6) is 0 Å². The van der Waals surface area contributed by atoms with Crippen LogP contribution in [0.3, 0.4) is 0 Å². The van der Waals surface area contributed by atoms with E-state index < -0.39 is 12.2 Å². The van der Waals surface area contributed by atoms with E-state index in [1.165, 1.54) is 6.07 Å². The number of hydrogen-bond acceptors (Lipinski definition) is 2. The van der Waals surface area contributed by atoms with Gasteiger partial charge in [-0.25, -0.2) is 4.39 Å². The first-order valence-corrected chi connectivity index (χ1v) is 6.64. The number of rotatable bonds is 6. The lowest BCUT2D eigenvalue weighted by molar-refractivity contribution is 0.00970. The zero-order chi connectivity index (χ0) is 12.8. The van der Waals surface area contributed by atoms with E-state index in [2.05, 4.69) is 15.9 Å². The molecule has 96 valence electrons. The van der Waals surface area contributed by atoms with Crippen LogP contribution in [0.2, 0.25) is 0 Å². The van der Waals surface area contributed by atoms with Crippen molar-refractivity contribution in [2.45, 2.75) is 44.8 Å². The van der Waals surface area contributed by atoms with Crippen LogP contribution in [0.4, 0.5) is 4.39 Å². The predicted molar refractivity (Wildman–Crippen MR) is 69.3 cm³/mol. The van der Waals surface area contributed by atoms with Gasteiger partial charge in [0.15, 0.2) is 0 Å². The van der Waals surface area contributed by atoms with Crippen LogP contribution < -0.4 is 0 Å². The van der Waals surface area contributed by atoms with Gasteiger partial charge in [-0.3, -0.25) is 0 Å². The van der Waals surface area contributed by atoms with Crippen molar-refractivity contribution in [2.75, 3.05) is 0 Å². The molecule has 4 heteroatoms. The first-order chi connectivity index (χ1) is 8.04. The molecule has 0 saturated carbocycles. The molecule has 2 unspecified atom stereocenters. The van der Waals surface area contributed by atoms with Gasteiger partial charge in [-0.2, -0.15) is 0 Å². The van der Waals surface area contributed by atoms with Crippen molar-refractivity contribution in [2.24, 2.45) is 0 Å². The second-order valence-electron chi connectivity index (χ2n) is 4.20. The largest absolute Gasteiger partial charge is 0.390 e. The molecule has 0 spiro atoms. The van der Waals surface area contributed by atoms with Crippen LogP contribution in [0.1, 0.15) is 31.7 Å². The van der Waals surface area contributed by atoms with Crippen LogP contribution in [0.25, 0.3) is 0 Å². The first-order valence-electron chi connectivity index (χ1n) is 5.84. The van der Waals surface area contributed by atoms with E-state index in [4.69, 9.17) is 0 Å². The fraction of sp³-hybridized carbons (Fsp3) is 0.538. The molecule has 1 rings (SSSR count). The van der Waals surface area contributed by atoms with E-state index in [1.807, 2.05) is 6.92 Å². The Kier molecular flexibility index (Phi) is 6.09. The van der Waals surface area contributed by atoms with Crippen molar-refractivity contribution < 1.29 is 14.6 Å². The van der Waals surface area contributed by atoms with Crippen molar-refractivity contribution in [3.05, 3.63) is 34.1 Å². The van der Waals surface area contributed by atoms with E-state index >= 15 is 0 Å². The number of aliphatic hydroxyl groups excluding tert-OH is 2. The lowest BCUT2D eigenvalue weighted by atomic mass is 10.0. The summed E-state index contributed by atoms with van der Waals surface area (Å²) in [6.45, 7) is 1.95. The lowest BCUT2D eigenvalue weighted by Gasteiger charge is -2.17. The van der Waals surface area contributed by atoms with Crippen molar-refractivity contribution >= 4 is 15.9 Å². The number of aryl methyl sites for hydroxylation is 1. The number of hydrogen-bond donors (Lipinski definition) is 2. The fourth-order valence-corrected chi connectivity index (χ4v) is 2.13. The summed E-state index contributed by atoms with van der Waals surface area (Å²) in [6.07, 6.45) is 0.691. The Morgan fingerprint density at radius 1 is 1.24 bits per heavy atom. The molecule has 17 heavy (non-hydrogen) atoms. The summed E-state index contributed by atoms with van der Waals surface area (Å²) in [5.74, 6) is -0.273. The van der Waals surface area contributed by atoms with Gasteiger partial charge in [0, 0.05) is 4.47 Å². The van der Waals surface area contributed by atoms with Gasteiger partial charge in [-0.1, -0.05) is 29.3 Å². The van der Waals surface area contributed by atoms with Crippen LogP contribution >= 0.6 is 15.9 Å². The third-order valence-corrected chi connectivity index (χ3v) is 3.24. The summed E-state index contributed by atoms with van der Waals surface area (Å²) in [5.41, 5.74) is 0.558. The summed E-state index contributed by atoms with van der Waals surface area (Å²) >= 11 is 3.28. The number of halogens is 2. The van der Waals surface area contributed by atoms with Crippen molar-refractivity contribution in [3.8, 4) is 0 Å². The van der Waals surface area contributed by atoms with Gasteiger partial charge in [0.2, 0.25) is 0 Å². The quantitative estimate of drug-likeness (QED) is 0.848. The third-order valence-electron chi connectivity index (χ3n) is 2.75. The summed E-state index contributed by atoms with van der Waals surface area (Å²) in [7, 11) is 0. The smallest absolute Gasteiger partial charge is 0.126 e. The zero-order valence-corrected chi connectivity index (χ0v) is 11.5. The fourth-order valence-electron chi connectivity index (χ4n) is 1.72. The molecule has 0 amide bonds. The number of benzene rings is 1. The van der Waals surface area contributed by atoms with E-state index in [0.717, 1.165) is 10.9 Å². The SMILES string of the molecule is CCCC(O)C(O)CCc1cc(Br)ccc1F. The molecule has 0 bridgehead atoms. The molecular formula is C13H18BrFO2. The van der Waals surface area contributed by atoms with Crippen molar-refractivity contribution in [1.82, 2.24) is 0 Å². The molecule has 1 aromatic carbocycles. The summed E-state index contributed by atoms with van der Waals surface area (Å²) in [6, 6.07) is 4.74. The second kappa shape index (κ2) is 7.09. The highest BCUT2D eigenvalue weighted by Gasteiger charge is 2.15. The topological polar surface area (TPSA) is 40.5 Å². The van der Waals surface area contributed by atoms with E-state index in [9.17, 15) is 14.6 Å². The standard InChI is InChI=1S/C13H18BrFO2/c1-2-3-12(16)13(17)7-4-9-8-10(14)5-6-11(9)15/h5-6,8,12-13,16-17H,2-4,7H2,1H3. The summed E-state index contributed by atoms with van der Waals surface area (Å²) < 4.78 is 14.2. The Hall–Kier alpha value is -0.450.